The van der Waals surface area contributed by atoms with Crippen LogP contribution < -0.4 is 27.4 Å². The minimum absolute atomic E-state index is 0. The highest BCUT2D eigenvalue weighted by atomic mass is 35.5. The van der Waals surface area contributed by atoms with Crippen molar-refractivity contribution < 1.29 is 28.7 Å². The smallest absolute Gasteiger partial charge is 0.328 e. The number of unbranched alkanes of at least 4 members (excludes halogenated alkanes) is 1. The molecule has 3 rings (SSSR count). The van der Waals surface area contributed by atoms with E-state index in [1.165, 1.54) is 19.2 Å². The van der Waals surface area contributed by atoms with Crippen molar-refractivity contribution in [1.29, 1.82) is 0 Å². The monoisotopic (exact) mass is 647 g/mol. The van der Waals surface area contributed by atoms with Crippen LogP contribution in [0.4, 0.5) is 5.69 Å². The van der Waals surface area contributed by atoms with Crippen molar-refractivity contribution in [3.63, 3.8) is 0 Å². The van der Waals surface area contributed by atoms with Gasteiger partial charge in [0.15, 0.2) is 0 Å². The molecule has 2 atom stereocenters. The van der Waals surface area contributed by atoms with E-state index in [0.29, 0.717) is 37.9 Å². The van der Waals surface area contributed by atoms with Crippen molar-refractivity contribution in [2.24, 2.45) is 11.5 Å². The number of rotatable bonds is 15. The number of nitrogens with one attached hydrogen (secondary N) is 3. The molecule has 0 aliphatic rings. The maximum absolute atomic E-state index is 13.3. The number of Topliss-reactive ketones (excluding diaryl/α,β-unsaturated/α-hetero) is 1. The molecule has 0 bridgehead atoms. The molecule has 0 saturated carbocycles. The molecular weight excluding hydrogens is 609 g/mol. The number of ketones is 1. The van der Waals surface area contributed by atoms with Crippen molar-refractivity contribution in [3.05, 3.63) is 77.9 Å². The molecule has 3 amide bonds. The number of nitrogens with two attached hydrogens (primary N) is 2. The molecule has 11 nitrogen and oxygen atoms in total. The lowest BCUT2D eigenvalue weighted by Gasteiger charge is -2.22. The van der Waals surface area contributed by atoms with E-state index in [1.54, 1.807) is 24.3 Å². The molecule has 2 unspecified atom stereocenters. The predicted molar refractivity (Wildman–Crippen MR) is 174 cm³/mol. The highest BCUT2D eigenvalue weighted by molar-refractivity contribution is 6.44. The zero-order valence-corrected chi connectivity index (χ0v) is 26.0. The van der Waals surface area contributed by atoms with Gasteiger partial charge in [-0.05, 0) is 80.2 Å². The van der Waals surface area contributed by atoms with Crippen LogP contribution in [-0.4, -0.2) is 61.8 Å². The Bertz CT molecular complexity index is 1440. The molecule has 238 valence electrons. The summed E-state index contributed by atoms with van der Waals surface area (Å²) >= 11 is 0. The highest BCUT2D eigenvalue weighted by Crippen LogP contribution is 2.20. The molecule has 0 spiro atoms. The van der Waals surface area contributed by atoms with Crippen molar-refractivity contribution in [1.82, 2.24) is 10.6 Å². The van der Waals surface area contributed by atoms with Gasteiger partial charge < -0.3 is 32.2 Å². The fourth-order valence-corrected chi connectivity index (χ4v) is 4.41. The number of carbonyl (C=O) groups excluding carboxylic acids is 5. The molecule has 0 aliphatic heterocycles. The van der Waals surface area contributed by atoms with Crippen LogP contribution in [0.25, 0.3) is 10.8 Å². The molecule has 3 aromatic carbocycles. The minimum atomic E-state index is -1.11. The summed E-state index contributed by atoms with van der Waals surface area (Å²) in [6.07, 6.45) is 1.98. The Morgan fingerprint density at radius 2 is 1.39 bits per heavy atom. The molecule has 0 heterocycles. The van der Waals surface area contributed by atoms with E-state index in [-0.39, 0.29) is 48.9 Å². The number of fused-ring (bicyclic) bond motifs is 1. The second kappa shape index (κ2) is 19.3. The van der Waals surface area contributed by atoms with Gasteiger partial charge in [0.1, 0.15) is 12.1 Å². The van der Waals surface area contributed by atoms with Crippen molar-refractivity contribution in [3.8, 4) is 0 Å². The maximum atomic E-state index is 13.3. The van der Waals surface area contributed by atoms with Gasteiger partial charge in [0.25, 0.3) is 17.6 Å². The van der Waals surface area contributed by atoms with Crippen LogP contribution in [0, 0.1) is 0 Å². The number of benzene rings is 3. The Balaban J connectivity index is 0.00000484. The molecule has 13 heteroatoms. The number of para-hydroxylation sites is 1. The highest BCUT2D eigenvalue weighted by Gasteiger charge is 2.29. The number of halogens is 2. The fraction of sp³-hybridized carbons (Fsp3) is 0.323. The second-order valence-corrected chi connectivity index (χ2v) is 9.72. The zero-order valence-electron chi connectivity index (χ0n) is 24.4. The molecule has 7 N–H and O–H groups in total. The summed E-state index contributed by atoms with van der Waals surface area (Å²) in [7, 11) is 1.21. The normalized spacial score (nSPS) is 11.6. The number of anilines is 1. The third-order valence-electron chi connectivity index (χ3n) is 6.71. The van der Waals surface area contributed by atoms with Gasteiger partial charge in [-0.25, -0.2) is 4.79 Å². The first-order valence-corrected chi connectivity index (χ1v) is 13.8. The quantitative estimate of drug-likeness (QED) is 0.0721. The van der Waals surface area contributed by atoms with Gasteiger partial charge in [-0.3, -0.25) is 19.2 Å². The lowest BCUT2D eigenvalue weighted by molar-refractivity contribution is -0.145. The first-order valence-electron chi connectivity index (χ1n) is 13.8. The fourth-order valence-electron chi connectivity index (χ4n) is 4.41. The first kappa shape index (κ1) is 38.0. The molecule has 0 aromatic heterocycles. The van der Waals surface area contributed by atoms with E-state index in [2.05, 4.69) is 16.0 Å². The predicted octanol–water partition coefficient (Wildman–Crippen LogP) is 3.13. The van der Waals surface area contributed by atoms with Crippen LogP contribution in [0.1, 0.15) is 52.8 Å². The molecule has 0 radical (unpaired) electrons. The van der Waals surface area contributed by atoms with E-state index >= 15 is 0 Å². The summed E-state index contributed by atoms with van der Waals surface area (Å²) in [6.45, 7) is 0.693. The second-order valence-electron chi connectivity index (χ2n) is 9.72. The number of amides is 3. The van der Waals surface area contributed by atoms with E-state index in [0.717, 1.165) is 10.8 Å². The van der Waals surface area contributed by atoms with Crippen LogP contribution in [-0.2, 0) is 19.1 Å². The van der Waals surface area contributed by atoms with Gasteiger partial charge in [0, 0.05) is 5.56 Å². The average Bonchev–Trinajstić information content (AvgIpc) is 3.01. The molecule has 0 aliphatic carbocycles. The third kappa shape index (κ3) is 10.6. The zero-order chi connectivity index (χ0) is 30.5. The summed E-state index contributed by atoms with van der Waals surface area (Å²) < 4.78 is 4.78. The van der Waals surface area contributed by atoms with Crippen molar-refractivity contribution in [2.45, 2.75) is 44.2 Å². The Hall–Kier alpha value is -4.03. The Morgan fingerprint density at radius 3 is 2.07 bits per heavy atom. The summed E-state index contributed by atoms with van der Waals surface area (Å²) in [5, 5.41) is 9.66. The van der Waals surface area contributed by atoms with E-state index < -0.39 is 41.6 Å². The standard InChI is InChI=1S/C31H37N5O6.2ClH/c1-42-31(41)26(14-8-18-33)36-29(39)25(13-6-7-17-32)35-30(40)27(37)23-11-4-5-12-24(23)34-28(38)22-16-15-20-9-2-3-10-21(20)19-22;;/h2-5,9-12,15-16,19,25-26H,6-8,13-14,17-18,32-33H2,1H3,(H,34,38)(H,35,40)(H,36,39);2*1H. The van der Waals surface area contributed by atoms with Gasteiger partial charge in [-0.1, -0.05) is 42.5 Å². The number of methoxy groups -OCH3 is 1. The molecule has 0 fully saturated rings. The number of carbonyl (C=O) groups is 5. The number of ether oxygens (including phenoxy) is 1. The first-order chi connectivity index (χ1) is 20.3. The van der Waals surface area contributed by atoms with Gasteiger partial charge >= 0.3 is 5.97 Å². The van der Waals surface area contributed by atoms with E-state index in [9.17, 15) is 24.0 Å². The van der Waals surface area contributed by atoms with Crippen LogP contribution in [0.5, 0.6) is 0 Å². The lowest BCUT2D eigenvalue weighted by atomic mass is 10.0. The largest absolute Gasteiger partial charge is 0.467 e. The van der Waals surface area contributed by atoms with E-state index in [1.807, 2.05) is 30.3 Å². The Labute approximate surface area is 268 Å². The van der Waals surface area contributed by atoms with E-state index in [4.69, 9.17) is 16.2 Å². The Morgan fingerprint density at radius 1 is 0.750 bits per heavy atom. The van der Waals surface area contributed by atoms with Crippen LogP contribution in [0.15, 0.2) is 66.7 Å². The van der Waals surface area contributed by atoms with Crippen LogP contribution >= 0.6 is 24.8 Å². The van der Waals surface area contributed by atoms with Gasteiger partial charge in [0.2, 0.25) is 5.91 Å². The average molecular weight is 649 g/mol. The van der Waals surface area contributed by atoms with Crippen LogP contribution in [0.3, 0.4) is 0 Å². The Kier molecular flexibility index (Phi) is 16.7. The van der Waals surface area contributed by atoms with Gasteiger partial charge in [0.05, 0.1) is 18.4 Å². The van der Waals surface area contributed by atoms with Gasteiger partial charge in [-0.15, -0.1) is 24.8 Å². The molecule has 3 aromatic rings. The summed E-state index contributed by atoms with van der Waals surface area (Å²) in [5.41, 5.74) is 11.6. The maximum Gasteiger partial charge on any atom is 0.328 e. The summed E-state index contributed by atoms with van der Waals surface area (Å²) in [6, 6.07) is 16.9. The molecule has 44 heavy (non-hydrogen) atoms. The van der Waals surface area contributed by atoms with Crippen molar-refractivity contribution in [2.75, 3.05) is 25.5 Å². The number of esters is 1. The molecule has 0 saturated heterocycles. The summed E-state index contributed by atoms with van der Waals surface area (Å²) in [5.74, 6) is -3.71. The minimum Gasteiger partial charge on any atom is -0.467 e. The van der Waals surface area contributed by atoms with Crippen molar-refractivity contribution >= 4 is 70.7 Å². The van der Waals surface area contributed by atoms with Gasteiger partial charge in [-0.2, -0.15) is 0 Å². The number of hydrogen-bond acceptors (Lipinski definition) is 8. The lowest BCUT2D eigenvalue weighted by Crippen LogP contribution is -2.53. The third-order valence-corrected chi connectivity index (χ3v) is 6.71. The summed E-state index contributed by atoms with van der Waals surface area (Å²) in [4.78, 5) is 64.7. The molecular formula is C31H39Cl2N5O6. The SMILES string of the molecule is COC(=O)C(CCCN)NC(=O)C(CCCCN)NC(=O)C(=O)c1ccccc1NC(=O)c1ccc2ccccc2c1.Cl.Cl. The topological polar surface area (TPSA) is 183 Å². The number of hydrogen-bond donors (Lipinski definition) is 5. The van der Waals surface area contributed by atoms with Crippen LogP contribution in [0.2, 0.25) is 0 Å².